The van der Waals surface area contributed by atoms with Crippen LogP contribution in [0.1, 0.15) is 31.2 Å². The van der Waals surface area contributed by atoms with Gasteiger partial charge in [-0.05, 0) is 62.1 Å². The molecule has 44 heavy (non-hydrogen) atoms. The van der Waals surface area contributed by atoms with Crippen LogP contribution >= 0.6 is 11.6 Å². The molecular formula is C34H28ClFN2O6. The quantitative estimate of drug-likeness (QED) is 0.302. The number of rotatable bonds is 4. The largest absolute Gasteiger partial charge is 0.508 e. The third-order valence-corrected chi connectivity index (χ3v) is 10.3. The van der Waals surface area contributed by atoms with Crippen molar-refractivity contribution in [1.29, 1.82) is 0 Å². The Labute approximate surface area is 257 Å². The molecule has 3 fully saturated rings. The minimum absolute atomic E-state index is 0.124. The molecule has 2 saturated heterocycles. The van der Waals surface area contributed by atoms with Crippen molar-refractivity contribution in [3.05, 3.63) is 94.8 Å². The van der Waals surface area contributed by atoms with Crippen LogP contribution in [-0.2, 0) is 19.2 Å². The van der Waals surface area contributed by atoms with Crippen LogP contribution in [0.15, 0.2) is 78.4 Å². The molecule has 224 valence electrons. The maximum Gasteiger partial charge on any atom is 0.241 e. The first-order valence-electron chi connectivity index (χ1n) is 14.4. The van der Waals surface area contributed by atoms with Crippen LogP contribution in [0.4, 0.5) is 15.8 Å². The molecule has 1 saturated carbocycles. The van der Waals surface area contributed by atoms with Gasteiger partial charge >= 0.3 is 0 Å². The molecule has 6 atom stereocenters. The number of carbonyl (C=O) groups excluding carboxylic acids is 4. The molecule has 7 rings (SSSR count). The number of anilines is 2. The highest BCUT2D eigenvalue weighted by Crippen LogP contribution is 2.64. The highest BCUT2D eigenvalue weighted by atomic mass is 35.5. The molecule has 0 unspecified atom stereocenters. The van der Waals surface area contributed by atoms with Gasteiger partial charge in [-0.15, -0.1) is 0 Å². The number of aromatic hydroxyl groups is 1. The van der Waals surface area contributed by atoms with E-state index in [-0.39, 0.29) is 41.1 Å². The molecule has 2 heterocycles. The predicted molar refractivity (Wildman–Crippen MR) is 160 cm³/mol. The lowest BCUT2D eigenvalue weighted by Gasteiger charge is -2.49. The number of halogens is 2. The molecule has 0 bridgehead atoms. The molecule has 2 aliphatic heterocycles. The van der Waals surface area contributed by atoms with Crippen molar-refractivity contribution in [2.75, 3.05) is 16.9 Å². The van der Waals surface area contributed by atoms with E-state index >= 15 is 0 Å². The van der Waals surface area contributed by atoms with E-state index in [4.69, 9.17) is 16.3 Å². The van der Waals surface area contributed by atoms with Crippen LogP contribution < -0.4 is 14.5 Å². The Hall–Kier alpha value is -4.50. The fraction of sp³-hybridized carbons (Fsp3) is 0.294. The van der Waals surface area contributed by atoms with Gasteiger partial charge in [0.05, 0.1) is 46.7 Å². The summed E-state index contributed by atoms with van der Waals surface area (Å²) in [5.41, 5.74) is 0.391. The Morgan fingerprint density at radius 1 is 0.909 bits per heavy atom. The predicted octanol–water partition coefficient (Wildman–Crippen LogP) is 5.63. The number of ether oxygens (including phenoxy) is 1. The Balaban J connectivity index is 1.38. The van der Waals surface area contributed by atoms with Crippen LogP contribution in [-0.4, -0.2) is 35.8 Å². The number of fused-ring (bicyclic) bond motifs is 4. The topological polar surface area (TPSA) is 104 Å². The number of methoxy groups -OCH3 is 1. The van der Waals surface area contributed by atoms with Crippen LogP contribution in [0.25, 0.3) is 0 Å². The number of nitrogens with zero attached hydrogens (tertiary/aromatic N) is 2. The fourth-order valence-electron chi connectivity index (χ4n) is 7.96. The Morgan fingerprint density at radius 3 is 2.34 bits per heavy atom. The van der Waals surface area contributed by atoms with Gasteiger partial charge in [-0.25, -0.2) is 9.29 Å². The third kappa shape index (κ3) is 3.81. The van der Waals surface area contributed by atoms with E-state index in [1.54, 1.807) is 49.4 Å². The van der Waals surface area contributed by atoms with E-state index in [0.29, 0.717) is 17.0 Å². The van der Waals surface area contributed by atoms with Crippen molar-refractivity contribution >= 4 is 46.6 Å². The second-order valence-corrected chi connectivity index (χ2v) is 12.4. The molecule has 1 N–H and O–H groups in total. The molecule has 0 radical (unpaired) electrons. The molecule has 8 nitrogen and oxygen atoms in total. The summed E-state index contributed by atoms with van der Waals surface area (Å²) in [6.07, 6.45) is 2.34. The number of phenols is 1. The summed E-state index contributed by atoms with van der Waals surface area (Å²) in [4.78, 5) is 58.7. The van der Waals surface area contributed by atoms with E-state index in [1.165, 1.54) is 30.2 Å². The summed E-state index contributed by atoms with van der Waals surface area (Å²) in [6.45, 7) is 1.71. The number of amides is 4. The van der Waals surface area contributed by atoms with E-state index in [0.717, 1.165) is 16.5 Å². The lowest BCUT2D eigenvalue weighted by atomic mass is 9.51. The van der Waals surface area contributed by atoms with E-state index in [9.17, 15) is 28.7 Å². The van der Waals surface area contributed by atoms with Gasteiger partial charge in [-0.3, -0.25) is 24.1 Å². The van der Waals surface area contributed by atoms with E-state index in [1.807, 2.05) is 6.08 Å². The lowest BCUT2D eigenvalue weighted by molar-refractivity contribution is -0.131. The molecule has 4 amide bonds. The SMILES string of the molecule is COc1ccc([C@H]2C3=CC[C@@H]4C(=O)N(c5ccccc5)C(=O)[C@@H]4[C@@H]3C[C@H]3C(=O)N(c4ccc(F)c(Cl)c4)C(=O)[C@@]23C)c(O)c1. The number of phenolic OH excluding ortho intramolecular Hbond substituents is 1. The highest BCUT2D eigenvalue weighted by molar-refractivity contribution is 6.32. The summed E-state index contributed by atoms with van der Waals surface area (Å²) in [7, 11) is 1.47. The van der Waals surface area contributed by atoms with Gasteiger partial charge in [0.1, 0.15) is 17.3 Å². The first-order chi connectivity index (χ1) is 21.1. The van der Waals surface area contributed by atoms with Crippen LogP contribution in [0.3, 0.4) is 0 Å². The van der Waals surface area contributed by atoms with Crippen molar-refractivity contribution in [1.82, 2.24) is 0 Å². The van der Waals surface area contributed by atoms with E-state index in [2.05, 4.69) is 0 Å². The zero-order valence-electron chi connectivity index (χ0n) is 23.9. The second kappa shape index (κ2) is 10.0. The van der Waals surface area contributed by atoms with Gasteiger partial charge in [-0.1, -0.05) is 47.5 Å². The molecule has 3 aromatic rings. The zero-order valence-corrected chi connectivity index (χ0v) is 24.6. The summed E-state index contributed by atoms with van der Waals surface area (Å²) in [5.74, 6) is -5.68. The number of para-hydroxylation sites is 1. The van der Waals surface area contributed by atoms with Crippen molar-refractivity contribution in [2.45, 2.75) is 25.7 Å². The number of imide groups is 2. The van der Waals surface area contributed by atoms with Crippen LogP contribution in [0, 0.1) is 34.9 Å². The zero-order chi connectivity index (χ0) is 31.1. The maximum absolute atomic E-state index is 14.4. The summed E-state index contributed by atoms with van der Waals surface area (Å²) in [6, 6.07) is 17.2. The highest BCUT2D eigenvalue weighted by Gasteiger charge is 2.68. The first-order valence-corrected chi connectivity index (χ1v) is 14.8. The standard InChI is InChI=1S/C34H28ClFN2O6/c1-34-24(31(41)38(33(34)43)18-8-13-26(36)25(35)14-18)16-23-20(29(34)21-10-9-19(44-2)15-27(21)39)11-12-22-28(23)32(42)37(30(22)40)17-6-4-3-5-7-17/h3-11,13-15,22-24,28-29,39H,12,16H2,1-2H3/t22-,23+,24-,28-,29+,34+/m0/s1. The summed E-state index contributed by atoms with van der Waals surface area (Å²) in [5, 5.41) is 11.0. The molecule has 3 aromatic carbocycles. The van der Waals surface area contributed by atoms with Gasteiger partial charge in [0, 0.05) is 17.5 Å². The molecule has 2 aliphatic carbocycles. The minimum atomic E-state index is -1.37. The Morgan fingerprint density at radius 2 is 1.66 bits per heavy atom. The molecular weight excluding hydrogens is 587 g/mol. The van der Waals surface area contributed by atoms with Gasteiger partial charge < -0.3 is 9.84 Å². The molecule has 0 spiro atoms. The summed E-state index contributed by atoms with van der Waals surface area (Å²) < 4.78 is 19.4. The molecule has 10 heteroatoms. The first kappa shape index (κ1) is 28.3. The number of carbonyl (C=O) groups is 4. The lowest BCUT2D eigenvalue weighted by Crippen LogP contribution is -2.48. The minimum Gasteiger partial charge on any atom is -0.508 e. The Bertz CT molecular complexity index is 1790. The third-order valence-electron chi connectivity index (χ3n) is 10.00. The number of hydrogen-bond acceptors (Lipinski definition) is 6. The van der Waals surface area contributed by atoms with E-state index < -0.39 is 52.6 Å². The average Bonchev–Trinajstić information content (AvgIpc) is 3.39. The second-order valence-electron chi connectivity index (χ2n) is 12.0. The van der Waals surface area contributed by atoms with Gasteiger partial charge in [0.15, 0.2) is 0 Å². The van der Waals surface area contributed by atoms with Crippen molar-refractivity contribution in [3.63, 3.8) is 0 Å². The van der Waals surface area contributed by atoms with Crippen molar-refractivity contribution < 1.29 is 33.4 Å². The van der Waals surface area contributed by atoms with Gasteiger partial charge in [-0.2, -0.15) is 0 Å². The monoisotopic (exact) mass is 614 g/mol. The van der Waals surface area contributed by atoms with Crippen LogP contribution in [0.5, 0.6) is 11.5 Å². The normalized spacial score (nSPS) is 29.4. The molecule has 4 aliphatic rings. The fourth-order valence-corrected chi connectivity index (χ4v) is 8.13. The van der Waals surface area contributed by atoms with Crippen LogP contribution in [0.2, 0.25) is 5.02 Å². The number of allylic oxidation sites excluding steroid dienone is 2. The number of benzene rings is 3. The van der Waals surface area contributed by atoms with Crippen molar-refractivity contribution in [3.8, 4) is 11.5 Å². The Kier molecular flexibility index (Phi) is 6.44. The van der Waals surface area contributed by atoms with Gasteiger partial charge in [0.25, 0.3) is 0 Å². The number of hydrogen-bond donors (Lipinski definition) is 1. The average molecular weight is 615 g/mol. The smallest absolute Gasteiger partial charge is 0.241 e. The van der Waals surface area contributed by atoms with Gasteiger partial charge in [0.2, 0.25) is 23.6 Å². The molecule has 0 aromatic heterocycles. The summed E-state index contributed by atoms with van der Waals surface area (Å²) >= 11 is 6.05. The maximum atomic E-state index is 14.4. The van der Waals surface area contributed by atoms with Crippen molar-refractivity contribution in [2.24, 2.45) is 29.1 Å².